The number of ketones is 1. The maximum atomic E-state index is 13.5. The fraction of sp³-hybridized carbons (Fsp3) is 0.333. The van der Waals surface area contributed by atoms with Crippen molar-refractivity contribution in [3.8, 4) is 5.75 Å². The predicted octanol–water partition coefficient (Wildman–Crippen LogP) is 6.27. The highest BCUT2D eigenvalue weighted by Crippen LogP contribution is 2.32. The van der Waals surface area contributed by atoms with Gasteiger partial charge in [0.1, 0.15) is 18.5 Å². The van der Waals surface area contributed by atoms with Crippen LogP contribution >= 0.6 is 0 Å². The zero-order valence-electron chi connectivity index (χ0n) is 21.5. The lowest BCUT2D eigenvalue weighted by atomic mass is 9.97. The minimum Gasteiger partial charge on any atom is -0.491 e. The maximum Gasteiger partial charge on any atom is 0.193 e. The summed E-state index contributed by atoms with van der Waals surface area (Å²) in [5.74, 6) is 0.102. The van der Waals surface area contributed by atoms with Crippen molar-refractivity contribution >= 4 is 33.3 Å². The Labute approximate surface area is 211 Å². The van der Waals surface area contributed by atoms with E-state index in [2.05, 4.69) is 23.6 Å². The molecule has 0 aliphatic carbocycles. The van der Waals surface area contributed by atoms with Gasteiger partial charge in [0.25, 0.3) is 0 Å². The van der Waals surface area contributed by atoms with Crippen LogP contribution in [-0.2, 0) is 16.0 Å². The van der Waals surface area contributed by atoms with Gasteiger partial charge in [-0.15, -0.1) is 0 Å². The highest BCUT2D eigenvalue weighted by atomic mass is 16.7. The second-order valence-corrected chi connectivity index (χ2v) is 9.90. The lowest BCUT2D eigenvalue weighted by molar-refractivity contribution is -0.141. The molecule has 6 heteroatoms. The van der Waals surface area contributed by atoms with Gasteiger partial charge in [0.2, 0.25) is 0 Å². The first-order valence-corrected chi connectivity index (χ1v) is 12.4. The van der Waals surface area contributed by atoms with Crippen molar-refractivity contribution in [3.05, 3.63) is 76.9 Å². The number of nitrogens with zero attached hydrogens (tertiary/aromatic N) is 1. The fourth-order valence-corrected chi connectivity index (χ4v) is 4.99. The van der Waals surface area contributed by atoms with Crippen molar-refractivity contribution in [1.29, 1.82) is 5.41 Å². The average molecular weight is 485 g/mol. The van der Waals surface area contributed by atoms with E-state index < -0.39 is 5.79 Å². The van der Waals surface area contributed by atoms with Gasteiger partial charge < -0.3 is 24.2 Å². The molecule has 1 saturated heterocycles. The Morgan fingerprint density at radius 1 is 1.06 bits per heavy atom. The number of aromatic nitrogens is 1. The highest BCUT2D eigenvalue weighted by Gasteiger charge is 2.33. The molecule has 186 valence electrons. The number of fused-ring (bicyclic) bond motifs is 3. The number of benzene rings is 3. The van der Waals surface area contributed by atoms with Crippen LogP contribution in [-0.4, -0.2) is 41.2 Å². The minimum atomic E-state index is -0.579. The van der Waals surface area contributed by atoms with E-state index >= 15 is 0 Å². The SMILES string of the molecule is CCn1c2ccc(C(C)=N)cc2c2cc(C(=O)c3ccc(OCC4COC(C)(C)O4)cc3C)ccc21. The smallest absolute Gasteiger partial charge is 0.193 e. The molecule has 2 heterocycles. The number of hydrogen-bond donors (Lipinski definition) is 1. The summed E-state index contributed by atoms with van der Waals surface area (Å²) in [5.41, 5.74) is 5.77. The molecule has 5 rings (SSSR count). The summed E-state index contributed by atoms with van der Waals surface area (Å²) in [6.07, 6.45) is -0.115. The van der Waals surface area contributed by atoms with Crippen LogP contribution < -0.4 is 4.74 Å². The molecular weight excluding hydrogens is 452 g/mol. The van der Waals surface area contributed by atoms with Gasteiger partial charge in [-0.05, 0) is 94.3 Å². The van der Waals surface area contributed by atoms with Crippen LogP contribution in [0.3, 0.4) is 0 Å². The monoisotopic (exact) mass is 484 g/mol. The van der Waals surface area contributed by atoms with Gasteiger partial charge in [-0.1, -0.05) is 6.07 Å². The summed E-state index contributed by atoms with van der Waals surface area (Å²) in [7, 11) is 0. The van der Waals surface area contributed by atoms with Gasteiger partial charge in [0.15, 0.2) is 11.6 Å². The van der Waals surface area contributed by atoms with Crippen molar-refractivity contribution in [2.75, 3.05) is 13.2 Å². The van der Waals surface area contributed by atoms with Crippen LogP contribution in [0.5, 0.6) is 5.75 Å². The molecule has 0 spiro atoms. The Bertz CT molecular complexity index is 1500. The molecule has 3 aromatic carbocycles. The summed E-state index contributed by atoms with van der Waals surface area (Å²) in [6.45, 7) is 11.3. The number of carbonyl (C=O) groups excluding carboxylic acids is 1. The van der Waals surface area contributed by atoms with E-state index in [0.29, 0.717) is 35.8 Å². The van der Waals surface area contributed by atoms with E-state index in [1.807, 2.05) is 63.2 Å². The van der Waals surface area contributed by atoms with E-state index in [0.717, 1.165) is 39.5 Å². The van der Waals surface area contributed by atoms with Gasteiger partial charge in [-0.3, -0.25) is 4.79 Å². The quantitative estimate of drug-likeness (QED) is 0.248. The lowest BCUT2D eigenvalue weighted by Gasteiger charge is -2.17. The summed E-state index contributed by atoms with van der Waals surface area (Å²) >= 11 is 0. The van der Waals surface area contributed by atoms with Crippen LogP contribution in [0, 0.1) is 12.3 Å². The maximum absolute atomic E-state index is 13.5. The lowest BCUT2D eigenvalue weighted by Crippen LogP contribution is -2.25. The first-order valence-electron chi connectivity index (χ1n) is 12.4. The Hall–Kier alpha value is -3.48. The van der Waals surface area contributed by atoms with Gasteiger partial charge >= 0.3 is 0 Å². The molecule has 1 N–H and O–H groups in total. The van der Waals surface area contributed by atoms with Crippen LogP contribution in [0.15, 0.2) is 54.6 Å². The van der Waals surface area contributed by atoms with Crippen molar-refractivity contribution in [2.24, 2.45) is 0 Å². The molecule has 1 aliphatic heterocycles. The highest BCUT2D eigenvalue weighted by molar-refractivity contribution is 6.16. The molecule has 36 heavy (non-hydrogen) atoms. The molecule has 0 radical (unpaired) electrons. The summed E-state index contributed by atoms with van der Waals surface area (Å²) < 4.78 is 19.6. The summed E-state index contributed by atoms with van der Waals surface area (Å²) in [6, 6.07) is 17.6. The fourth-order valence-electron chi connectivity index (χ4n) is 4.99. The third-order valence-corrected chi connectivity index (χ3v) is 6.82. The molecule has 0 saturated carbocycles. The molecule has 1 fully saturated rings. The normalized spacial score (nSPS) is 17.1. The van der Waals surface area contributed by atoms with E-state index in [4.69, 9.17) is 19.6 Å². The Morgan fingerprint density at radius 2 is 1.72 bits per heavy atom. The van der Waals surface area contributed by atoms with E-state index in [1.54, 1.807) is 6.92 Å². The van der Waals surface area contributed by atoms with Gasteiger partial charge in [-0.25, -0.2) is 0 Å². The van der Waals surface area contributed by atoms with Crippen molar-refractivity contribution < 1.29 is 19.0 Å². The molecule has 0 amide bonds. The number of hydrogen-bond acceptors (Lipinski definition) is 5. The van der Waals surface area contributed by atoms with E-state index in [-0.39, 0.29) is 11.9 Å². The second kappa shape index (κ2) is 9.19. The average Bonchev–Trinajstić information content (AvgIpc) is 3.37. The van der Waals surface area contributed by atoms with Crippen molar-refractivity contribution in [3.63, 3.8) is 0 Å². The second-order valence-electron chi connectivity index (χ2n) is 9.90. The van der Waals surface area contributed by atoms with Gasteiger partial charge in [0, 0.05) is 45.2 Å². The minimum absolute atomic E-state index is 0.0213. The molecule has 0 bridgehead atoms. The van der Waals surface area contributed by atoms with E-state index in [1.165, 1.54) is 0 Å². The van der Waals surface area contributed by atoms with Crippen LogP contribution in [0.2, 0.25) is 0 Å². The summed E-state index contributed by atoms with van der Waals surface area (Å²) in [4.78, 5) is 13.5. The molecule has 6 nitrogen and oxygen atoms in total. The van der Waals surface area contributed by atoms with Crippen molar-refractivity contribution in [1.82, 2.24) is 4.57 Å². The molecule has 4 aromatic rings. The number of rotatable bonds is 7. The third kappa shape index (κ3) is 4.43. The molecule has 1 aliphatic rings. The number of aryl methyl sites for hydroxylation is 2. The number of carbonyl (C=O) groups is 1. The van der Waals surface area contributed by atoms with Crippen LogP contribution in [0.1, 0.15) is 54.7 Å². The zero-order valence-corrected chi connectivity index (χ0v) is 21.5. The zero-order chi connectivity index (χ0) is 25.6. The largest absolute Gasteiger partial charge is 0.491 e. The number of nitrogens with one attached hydrogen (secondary N) is 1. The topological polar surface area (TPSA) is 73.5 Å². The molecular formula is C30H32N2O4. The Balaban J connectivity index is 1.43. The first kappa shape index (κ1) is 24.2. The summed E-state index contributed by atoms with van der Waals surface area (Å²) in [5, 5.41) is 10.1. The number of ether oxygens (including phenoxy) is 3. The molecule has 1 aromatic heterocycles. The van der Waals surface area contributed by atoms with Crippen LogP contribution in [0.4, 0.5) is 0 Å². The van der Waals surface area contributed by atoms with Gasteiger partial charge in [0.05, 0.1) is 6.61 Å². The third-order valence-electron chi connectivity index (χ3n) is 6.82. The first-order chi connectivity index (χ1) is 17.2. The van der Waals surface area contributed by atoms with Crippen LogP contribution in [0.25, 0.3) is 21.8 Å². The van der Waals surface area contributed by atoms with E-state index in [9.17, 15) is 4.79 Å². The standard InChI is InChI=1S/C30H32N2O4/c1-6-32-27-11-7-20(19(3)31)14-25(27)26-15-21(8-12-28(26)32)29(33)24-10-9-22(13-18(24)2)34-16-23-17-35-30(4,5)36-23/h7-15,23,31H,6,16-17H2,1-5H3. The molecule has 1 atom stereocenters. The Morgan fingerprint density at radius 3 is 2.31 bits per heavy atom. The van der Waals surface area contributed by atoms with Crippen molar-refractivity contribution in [2.45, 2.75) is 53.1 Å². The molecule has 1 unspecified atom stereocenters. The predicted molar refractivity (Wildman–Crippen MR) is 143 cm³/mol. The van der Waals surface area contributed by atoms with Gasteiger partial charge in [-0.2, -0.15) is 0 Å². The Kier molecular flexibility index (Phi) is 6.18.